The van der Waals surface area contributed by atoms with E-state index >= 15 is 0 Å². The van der Waals surface area contributed by atoms with Gasteiger partial charge in [0, 0.05) is 11.7 Å². The van der Waals surface area contributed by atoms with E-state index in [1.807, 2.05) is 12.1 Å². The molecule has 0 saturated heterocycles. The number of halogens is 1. The number of anilines is 1. The Balaban J connectivity index is 2.82. The van der Waals surface area contributed by atoms with E-state index in [1.54, 1.807) is 6.20 Å². The SMILES string of the molecule is CCC(C)(CC)Nc1ncccc1Cl. The van der Waals surface area contributed by atoms with Crippen LogP contribution in [-0.2, 0) is 0 Å². The zero-order chi connectivity index (χ0) is 10.6. The fourth-order valence-corrected chi connectivity index (χ4v) is 1.36. The van der Waals surface area contributed by atoms with Crippen LogP contribution in [0.2, 0.25) is 5.02 Å². The lowest BCUT2D eigenvalue weighted by Gasteiger charge is -2.29. The second kappa shape index (κ2) is 4.65. The first-order chi connectivity index (χ1) is 6.61. The lowest BCUT2D eigenvalue weighted by Crippen LogP contribution is -2.33. The fourth-order valence-electron chi connectivity index (χ4n) is 1.19. The molecule has 0 atom stereocenters. The van der Waals surface area contributed by atoms with Crippen molar-refractivity contribution in [2.24, 2.45) is 0 Å². The second-order valence-corrected chi connectivity index (χ2v) is 4.13. The predicted molar refractivity (Wildman–Crippen MR) is 61.9 cm³/mol. The van der Waals surface area contributed by atoms with Gasteiger partial charge in [0.1, 0.15) is 5.82 Å². The normalized spacial score (nSPS) is 11.4. The van der Waals surface area contributed by atoms with Gasteiger partial charge in [-0.1, -0.05) is 25.4 Å². The van der Waals surface area contributed by atoms with Crippen molar-refractivity contribution in [2.75, 3.05) is 5.32 Å². The minimum absolute atomic E-state index is 0.0813. The molecule has 0 radical (unpaired) electrons. The highest BCUT2D eigenvalue weighted by molar-refractivity contribution is 6.32. The summed E-state index contributed by atoms with van der Waals surface area (Å²) in [4.78, 5) is 4.22. The third kappa shape index (κ3) is 2.61. The Hall–Kier alpha value is -0.760. The van der Waals surface area contributed by atoms with Gasteiger partial charge in [0.2, 0.25) is 0 Å². The van der Waals surface area contributed by atoms with Crippen LogP contribution in [-0.4, -0.2) is 10.5 Å². The van der Waals surface area contributed by atoms with Crippen molar-refractivity contribution in [3.05, 3.63) is 23.4 Å². The fraction of sp³-hybridized carbons (Fsp3) is 0.545. The number of pyridine rings is 1. The van der Waals surface area contributed by atoms with E-state index in [1.165, 1.54) is 0 Å². The molecule has 78 valence electrons. The van der Waals surface area contributed by atoms with Gasteiger partial charge in [-0.2, -0.15) is 0 Å². The monoisotopic (exact) mass is 212 g/mol. The van der Waals surface area contributed by atoms with Crippen LogP contribution in [0.15, 0.2) is 18.3 Å². The summed E-state index contributed by atoms with van der Waals surface area (Å²) in [7, 11) is 0. The molecule has 0 fully saturated rings. The molecule has 1 rings (SSSR count). The maximum Gasteiger partial charge on any atom is 0.145 e. The molecule has 0 spiro atoms. The van der Waals surface area contributed by atoms with E-state index in [-0.39, 0.29) is 5.54 Å². The largest absolute Gasteiger partial charge is 0.364 e. The van der Waals surface area contributed by atoms with Gasteiger partial charge in [-0.25, -0.2) is 4.98 Å². The van der Waals surface area contributed by atoms with Gasteiger partial charge < -0.3 is 5.32 Å². The van der Waals surface area contributed by atoms with Gasteiger partial charge >= 0.3 is 0 Å². The average Bonchev–Trinajstić information content (AvgIpc) is 2.21. The van der Waals surface area contributed by atoms with Crippen LogP contribution in [0.25, 0.3) is 0 Å². The Labute approximate surface area is 90.7 Å². The zero-order valence-electron chi connectivity index (χ0n) is 8.97. The van der Waals surface area contributed by atoms with E-state index in [2.05, 4.69) is 31.1 Å². The Morgan fingerprint density at radius 2 is 2.07 bits per heavy atom. The van der Waals surface area contributed by atoms with Crippen LogP contribution < -0.4 is 5.32 Å². The van der Waals surface area contributed by atoms with Gasteiger partial charge in [0.25, 0.3) is 0 Å². The Morgan fingerprint density at radius 3 is 2.57 bits per heavy atom. The van der Waals surface area contributed by atoms with Gasteiger partial charge in [-0.05, 0) is 31.9 Å². The summed E-state index contributed by atoms with van der Waals surface area (Å²) in [6.45, 7) is 6.50. The van der Waals surface area contributed by atoms with Crippen molar-refractivity contribution in [1.29, 1.82) is 0 Å². The summed E-state index contributed by atoms with van der Waals surface area (Å²) in [6.07, 6.45) is 3.85. The van der Waals surface area contributed by atoms with Crippen molar-refractivity contribution >= 4 is 17.4 Å². The average molecular weight is 213 g/mol. The standard InChI is InChI=1S/C11H17ClN2/c1-4-11(3,5-2)14-10-9(12)7-6-8-13-10/h6-8H,4-5H2,1-3H3,(H,13,14). The van der Waals surface area contributed by atoms with Crippen molar-refractivity contribution in [2.45, 2.75) is 39.2 Å². The predicted octanol–water partition coefficient (Wildman–Crippen LogP) is 3.73. The summed E-state index contributed by atoms with van der Waals surface area (Å²) in [5.41, 5.74) is 0.0813. The first kappa shape index (κ1) is 11.3. The van der Waals surface area contributed by atoms with E-state index in [0.717, 1.165) is 18.7 Å². The van der Waals surface area contributed by atoms with E-state index < -0.39 is 0 Å². The van der Waals surface area contributed by atoms with Gasteiger partial charge in [-0.3, -0.25) is 0 Å². The Kier molecular flexibility index (Phi) is 3.76. The van der Waals surface area contributed by atoms with E-state index in [4.69, 9.17) is 11.6 Å². The van der Waals surface area contributed by atoms with Crippen LogP contribution in [0.1, 0.15) is 33.6 Å². The summed E-state index contributed by atoms with van der Waals surface area (Å²) in [6, 6.07) is 3.69. The number of aromatic nitrogens is 1. The zero-order valence-corrected chi connectivity index (χ0v) is 9.73. The lowest BCUT2D eigenvalue weighted by atomic mass is 9.96. The Bertz CT molecular complexity index is 295. The molecule has 2 nitrogen and oxygen atoms in total. The first-order valence-corrected chi connectivity index (χ1v) is 5.38. The molecule has 0 aliphatic carbocycles. The van der Waals surface area contributed by atoms with E-state index in [0.29, 0.717) is 5.02 Å². The molecule has 1 N–H and O–H groups in total. The lowest BCUT2D eigenvalue weighted by molar-refractivity contribution is 0.477. The molecule has 0 aromatic carbocycles. The summed E-state index contributed by atoms with van der Waals surface area (Å²) < 4.78 is 0. The number of hydrogen-bond donors (Lipinski definition) is 1. The highest BCUT2D eigenvalue weighted by atomic mass is 35.5. The highest BCUT2D eigenvalue weighted by Gasteiger charge is 2.20. The molecule has 0 aliphatic rings. The van der Waals surface area contributed by atoms with Gasteiger partial charge in [0.15, 0.2) is 0 Å². The first-order valence-electron chi connectivity index (χ1n) is 5.00. The number of hydrogen-bond acceptors (Lipinski definition) is 2. The topological polar surface area (TPSA) is 24.9 Å². The molecular weight excluding hydrogens is 196 g/mol. The molecule has 0 amide bonds. The molecule has 14 heavy (non-hydrogen) atoms. The molecule has 3 heteroatoms. The minimum atomic E-state index is 0.0813. The molecule has 1 aromatic heterocycles. The molecule has 1 aromatic rings. The number of rotatable bonds is 4. The maximum atomic E-state index is 6.02. The smallest absolute Gasteiger partial charge is 0.145 e. The molecule has 0 aliphatic heterocycles. The third-order valence-electron chi connectivity index (χ3n) is 2.74. The molecular formula is C11H17ClN2. The van der Waals surface area contributed by atoms with Crippen LogP contribution >= 0.6 is 11.6 Å². The summed E-state index contributed by atoms with van der Waals surface area (Å²) >= 11 is 6.02. The molecule has 0 saturated carbocycles. The third-order valence-corrected chi connectivity index (χ3v) is 3.04. The van der Waals surface area contributed by atoms with Crippen LogP contribution in [0.4, 0.5) is 5.82 Å². The van der Waals surface area contributed by atoms with Crippen LogP contribution in [0, 0.1) is 0 Å². The van der Waals surface area contributed by atoms with Crippen molar-refractivity contribution in [3.63, 3.8) is 0 Å². The Morgan fingerprint density at radius 1 is 1.43 bits per heavy atom. The van der Waals surface area contributed by atoms with Gasteiger partial charge in [0.05, 0.1) is 5.02 Å². The maximum absolute atomic E-state index is 6.02. The van der Waals surface area contributed by atoms with Crippen molar-refractivity contribution in [1.82, 2.24) is 4.98 Å². The van der Waals surface area contributed by atoms with Crippen LogP contribution in [0.5, 0.6) is 0 Å². The number of nitrogens with one attached hydrogen (secondary N) is 1. The summed E-state index contributed by atoms with van der Waals surface area (Å²) in [5, 5.41) is 4.06. The molecule has 0 bridgehead atoms. The molecule has 1 heterocycles. The van der Waals surface area contributed by atoms with Crippen molar-refractivity contribution in [3.8, 4) is 0 Å². The van der Waals surface area contributed by atoms with Gasteiger partial charge in [-0.15, -0.1) is 0 Å². The van der Waals surface area contributed by atoms with Crippen LogP contribution in [0.3, 0.4) is 0 Å². The number of nitrogens with zero attached hydrogens (tertiary/aromatic N) is 1. The molecule has 0 unspecified atom stereocenters. The van der Waals surface area contributed by atoms with Crippen molar-refractivity contribution < 1.29 is 0 Å². The van der Waals surface area contributed by atoms with E-state index in [9.17, 15) is 0 Å². The highest BCUT2D eigenvalue weighted by Crippen LogP contribution is 2.25. The second-order valence-electron chi connectivity index (χ2n) is 3.73. The quantitative estimate of drug-likeness (QED) is 0.823. The summed E-state index contributed by atoms with van der Waals surface area (Å²) in [5.74, 6) is 0.778. The minimum Gasteiger partial charge on any atom is -0.364 e.